The van der Waals surface area contributed by atoms with Gasteiger partial charge in [-0.25, -0.2) is 4.57 Å². The van der Waals surface area contributed by atoms with E-state index in [0.29, 0.717) is 13.2 Å². The maximum Gasteiger partial charge on any atom is 0.401 e. The first kappa shape index (κ1) is 17.4. The third kappa shape index (κ3) is 10.1. The zero-order valence-corrected chi connectivity index (χ0v) is 13.3. The maximum absolute atomic E-state index is 12.0. The van der Waals surface area contributed by atoms with Crippen molar-refractivity contribution in [2.45, 2.75) is 33.6 Å². The summed E-state index contributed by atoms with van der Waals surface area (Å²) >= 11 is 2.77. The molecule has 0 fully saturated rings. The molecule has 0 aromatic heterocycles. The van der Waals surface area contributed by atoms with Gasteiger partial charge < -0.3 is 9.05 Å². The van der Waals surface area contributed by atoms with Crippen molar-refractivity contribution >= 4 is 29.9 Å². The third-order valence-electron chi connectivity index (χ3n) is 1.62. The van der Waals surface area contributed by atoms with Gasteiger partial charge in [-0.3, -0.25) is 0 Å². The molecule has 0 saturated carbocycles. The topological polar surface area (TPSA) is 35.5 Å². The molecule has 0 aromatic rings. The predicted octanol–water partition coefficient (Wildman–Crippen LogP) is 4.39. The highest BCUT2D eigenvalue weighted by atomic mass is 32.7. The number of rotatable bonds is 9. The second-order valence-corrected chi connectivity index (χ2v) is 7.85. The molecule has 6 heteroatoms. The summed E-state index contributed by atoms with van der Waals surface area (Å²) in [7, 11) is 0. The molecule has 0 aliphatic heterocycles. The molecule has 17 heavy (non-hydrogen) atoms. The molecule has 0 spiro atoms. The first-order chi connectivity index (χ1) is 8.18. The van der Waals surface area contributed by atoms with Crippen LogP contribution in [0.25, 0.3) is 0 Å². The lowest BCUT2D eigenvalue weighted by Gasteiger charge is -2.12. The van der Waals surface area contributed by atoms with Gasteiger partial charge in [-0.15, -0.1) is 11.8 Å². The lowest BCUT2D eigenvalue weighted by Crippen LogP contribution is -1.91. The van der Waals surface area contributed by atoms with Crippen molar-refractivity contribution in [3.05, 3.63) is 0 Å². The van der Waals surface area contributed by atoms with Crippen LogP contribution in [0.5, 0.6) is 0 Å². The van der Waals surface area contributed by atoms with E-state index in [4.69, 9.17) is 9.05 Å². The quantitative estimate of drug-likeness (QED) is 0.358. The molecule has 0 amide bonds. The van der Waals surface area contributed by atoms with Gasteiger partial charge in [0.25, 0.3) is 0 Å². The van der Waals surface area contributed by atoms with E-state index < -0.39 is 6.80 Å². The summed E-state index contributed by atoms with van der Waals surface area (Å²) in [6, 6.07) is 0. The predicted molar refractivity (Wildman–Crippen MR) is 78.5 cm³/mol. The fraction of sp³-hybridized carbons (Fsp3) is 0.818. The summed E-state index contributed by atoms with van der Waals surface area (Å²) in [5.74, 6) is 4.86. The van der Waals surface area contributed by atoms with Gasteiger partial charge in [0.05, 0.1) is 19.0 Å². The monoisotopic (exact) mass is 296 g/mol. The highest BCUT2D eigenvalue weighted by Gasteiger charge is 2.23. The lowest BCUT2D eigenvalue weighted by molar-refractivity contribution is 0.237. The van der Waals surface area contributed by atoms with E-state index in [-0.39, 0.29) is 0 Å². The van der Waals surface area contributed by atoms with Gasteiger partial charge >= 0.3 is 6.80 Å². The minimum absolute atomic E-state index is 0.372. The van der Waals surface area contributed by atoms with Crippen molar-refractivity contribution in [1.29, 1.82) is 0 Å². The van der Waals surface area contributed by atoms with Crippen molar-refractivity contribution < 1.29 is 13.6 Å². The van der Waals surface area contributed by atoms with Gasteiger partial charge in [-0.1, -0.05) is 19.3 Å². The summed E-state index contributed by atoms with van der Waals surface area (Å²) in [6.45, 7) is 3.45. The summed E-state index contributed by atoms with van der Waals surface area (Å²) in [6.07, 6.45) is 2.43. The second-order valence-electron chi connectivity index (χ2n) is 3.06. The first-order valence-corrected chi connectivity index (χ1v) is 9.93. The van der Waals surface area contributed by atoms with Crippen LogP contribution in [0.15, 0.2) is 0 Å². The average molecular weight is 296 g/mol. The average Bonchev–Trinajstić information content (AvgIpc) is 2.28. The largest absolute Gasteiger partial charge is 0.401 e. The zero-order chi connectivity index (χ0) is 13.0. The summed E-state index contributed by atoms with van der Waals surface area (Å²) < 4.78 is 22.2. The van der Waals surface area contributed by atoms with Crippen LogP contribution in [0.2, 0.25) is 0 Å². The summed E-state index contributed by atoms with van der Waals surface area (Å²) in [5.41, 5.74) is 0. The molecule has 100 valence electrons. The smallest absolute Gasteiger partial charge is 0.300 e. The van der Waals surface area contributed by atoms with Gasteiger partial charge in [0, 0.05) is 11.4 Å². The summed E-state index contributed by atoms with van der Waals surface area (Å²) in [5, 5.41) is 2.81. The Morgan fingerprint density at radius 3 is 2.35 bits per heavy atom. The lowest BCUT2D eigenvalue weighted by atomic mass is 10.4. The van der Waals surface area contributed by atoms with Gasteiger partial charge in [0.1, 0.15) is 0 Å². The molecule has 0 atom stereocenters. The highest BCUT2D eigenvalue weighted by molar-refractivity contribution is 8.57. The van der Waals surface area contributed by atoms with Crippen LogP contribution >= 0.6 is 29.9 Å². The van der Waals surface area contributed by atoms with Crippen molar-refractivity contribution in [1.82, 2.24) is 0 Å². The van der Waals surface area contributed by atoms with Gasteiger partial charge in [0.2, 0.25) is 0 Å². The Kier molecular flexibility index (Phi) is 11.8. The van der Waals surface area contributed by atoms with Crippen molar-refractivity contribution in [3.8, 4) is 11.2 Å². The zero-order valence-electron chi connectivity index (χ0n) is 10.7. The molecular weight excluding hydrogens is 275 g/mol. The third-order valence-corrected chi connectivity index (χ3v) is 5.73. The Bertz CT molecular complexity index is 276. The standard InChI is InChI=1S/C11H21O3PS2/c1-4-7-9-16-10-8-11-17-15(12,13-5-2)14-6-3/h4-7,9-10H2,1-3H3. The molecule has 0 radical (unpaired) electrons. The van der Waals surface area contributed by atoms with E-state index in [1.807, 2.05) is 0 Å². The fourth-order valence-electron chi connectivity index (χ4n) is 0.893. The molecular formula is C11H21O3PS2. The SMILES string of the molecule is CCCCSCC#CSP(=O)(OCC)OCC. The fourth-order valence-corrected chi connectivity index (χ4v) is 4.33. The van der Waals surface area contributed by atoms with Crippen molar-refractivity contribution in [2.75, 3.05) is 24.7 Å². The van der Waals surface area contributed by atoms with Gasteiger partial charge in [0.15, 0.2) is 0 Å². The van der Waals surface area contributed by atoms with E-state index >= 15 is 0 Å². The Morgan fingerprint density at radius 1 is 1.18 bits per heavy atom. The minimum Gasteiger partial charge on any atom is -0.300 e. The van der Waals surface area contributed by atoms with E-state index in [9.17, 15) is 4.57 Å². The van der Waals surface area contributed by atoms with Crippen LogP contribution in [0.3, 0.4) is 0 Å². The number of unbranched alkanes of at least 4 members (excludes halogenated alkanes) is 1. The number of thioether (sulfide) groups is 1. The van der Waals surface area contributed by atoms with Crippen molar-refractivity contribution in [2.24, 2.45) is 0 Å². The minimum atomic E-state index is -3.05. The van der Waals surface area contributed by atoms with Crippen LogP contribution in [0.4, 0.5) is 0 Å². The van der Waals surface area contributed by atoms with Gasteiger partial charge in [-0.2, -0.15) is 0 Å². The molecule has 3 nitrogen and oxygen atoms in total. The summed E-state index contributed by atoms with van der Waals surface area (Å²) in [4.78, 5) is 0. The van der Waals surface area contributed by atoms with Crippen LogP contribution in [-0.2, 0) is 13.6 Å². The molecule has 0 rings (SSSR count). The van der Waals surface area contributed by atoms with E-state index in [1.165, 1.54) is 12.8 Å². The molecule has 0 saturated heterocycles. The molecule has 0 unspecified atom stereocenters. The molecule has 0 aliphatic carbocycles. The Balaban J connectivity index is 3.88. The number of hydrogen-bond acceptors (Lipinski definition) is 5. The van der Waals surface area contributed by atoms with Crippen LogP contribution in [0, 0.1) is 11.2 Å². The van der Waals surface area contributed by atoms with Crippen LogP contribution in [-0.4, -0.2) is 24.7 Å². The molecule has 0 bridgehead atoms. The highest BCUT2D eigenvalue weighted by Crippen LogP contribution is 2.59. The maximum atomic E-state index is 12.0. The molecule has 0 heterocycles. The van der Waals surface area contributed by atoms with E-state index in [2.05, 4.69) is 18.1 Å². The normalized spacial score (nSPS) is 11.0. The number of hydrogen-bond donors (Lipinski definition) is 0. The Labute approximate surface area is 113 Å². The van der Waals surface area contributed by atoms with Crippen LogP contribution < -0.4 is 0 Å². The molecule has 0 aliphatic rings. The first-order valence-electron chi connectivity index (χ1n) is 5.81. The van der Waals surface area contributed by atoms with E-state index in [1.54, 1.807) is 25.6 Å². The van der Waals surface area contributed by atoms with Crippen LogP contribution in [0.1, 0.15) is 33.6 Å². The Hall–Kier alpha value is 0.410. The molecule has 0 N–H and O–H groups in total. The van der Waals surface area contributed by atoms with Crippen molar-refractivity contribution in [3.63, 3.8) is 0 Å². The van der Waals surface area contributed by atoms with Gasteiger partial charge in [-0.05, 0) is 31.3 Å². The molecule has 0 aromatic carbocycles. The van der Waals surface area contributed by atoms with E-state index in [0.717, 1.165) is 22.9 Å². The second kappa shape index (κ2) is 11.5. The Morgan fingerprint density at radius 2 is 1.82 bits per heavy atom.